The molecule has 0 aliphatic carbocycles. The summed E-state index contributed by atoms with van der Waals surface area (Å²) in [4.78, 5) is 25.9. The summed E-state index contributed by atoms with van der Waals surface area (Å²) in [6, 6.07) is 6.93. The van der Waals surface area contributed by atoms with Gasteiger partial charge in [-0.2, -0.15) is 5.10 Å². The van der Waals surface area contributed by atoms with Gasteiger partial charge in [-0.05, 0) is 63.1 Å². The summed E-state index contributed by atoms with van der Waals surface area (Å²) in [5.74, 6) is -0.181. The minimum atomic E-state index is -0.452. The molecule has 0 fully saturated rings. The number of anilines is 1. The first-order valence-corrected chi connectivity index (χ1v) is 10.5. The summed E-state index contributed by atoms with van der Waals surface area (Å²) in [6.45, 7) is 7.77. The second-order valence-corrected chi connectivity index (χ2v) is 8.25. The van der Waals surface area contributed by atoms with E-state index in [1.54, 1.807) is 31.3 Å². The van der Waals surface area contributed by atoms with Gasteiger partial charge in [-0.15, -0.1) is 11.3 Å². The highest BCUT2D eigenvalue weighted by Crippen LogP contribution is 2.33. The predicted molar refractivity (Wildman–Crippen MR) is 117 cm³/mol. The molecule has 2 aromatic heterocycles. The highest BCUT2D eigenvalue weighted by molar-refractivity contribution is 7.16. The number of carbonyl (C=O) groups is 2. The van der Waals surface area contributed by atoms with Crippen LogP contribution in [0.3, 0.4) is 0 Å². The first kappa shape index (κ1) is 21.9. The largest absolute Gasteiger partial charge is 0.471 e. The van der Waals surface area contributed by atoms with Crippen molar-refractivity contribution < 1.29 is 19.1 Å². The van der Waals surface area contributed by atoms with E-state index in [0.29, 0.717) is 21.3 Å². The topological polar surface area (TPSA) is 82.5 Å². The lowest BCUT2D eigenvalue weighted by Crippen LogP contribution is -2.16. The van der Waals surface area contributed by atoms with E-state index < -0.39 is 11.9 Å². The summed E-state index contributed by atoms with van der Waals surface area (Å²) in [6.07, 6.45) is 1.65. The van der Waals surface area contributed by atoms with E-state index in [9.17, 15) is 9.59 Å². The predicted octanol–water partition coefficient (Wildman–Crippen LogP) is 4.99. The fraction of sp³-hybridized carbons (Fsp3) is 0.286. The minimum absolute atomic E-state index is 0.140. The molecular formula is C21H22ClN3O4S. The van der Waals surface area contributed by atoms with Gasteiger partial charge in [0.05, 0.1) is 12.2 Å². The molecule has 1 aromatic carbocycles. The molecule has 3 aromatic rings. The number of hydrogen-bond acceptors (Lipinski definition) is 6. The van der Waals surface area contributed by atoms with Crippen molar-refractivity contribution in [1.29, 1.82) is 0 Å². The third-order valence-electron chi connectivity index (χ3n) is 4.45. The van der Waals surface area contributed by atoms with E-state index in [-0.39, 0.29) is 19.0 Å². The first-order valence-electron chi connectivity index (χ1n) is 9.31. The third kappa shape index (κ3) is 4.83. The molecule has 0 unspecified atom stereocenters. The van der Waals surface area contributed by atoms with Crippen molar-refractivity contribution in [3.05, 3.63) is 62.7 Å². The average Bonchev–Trinajstić information content (AvgIpc) is 3.26. The summed E-state index contributed by atoms with van der Waals surface area (Å²) >= 11 is 7.28. The quantitative estimate of drug-likeness (QED) is 0.516. The van der Waals surface area contributed by atoms with Gasteiger partial charge in [-0.3, -0.25) is 4.79 Å². The number of amides is 1. The van der Waals surface area contributed by atoms with Gasteiger partial charge in [-0.1, -0.05) is 11.6 Å². The Balaban J connectivity index is 1.70. The number of benzene rings is 1. The summed E-state index contributed by atoms with van der Waals surface area (Å²) in [5.41, 5.74) is 2.30. The van der Waals surface area contributed by atoms with Crippen LogP contribution in [0.4, 0.5) is 5.00 Å². The number of halogens is 1. The van der Waals surface area contributed by atoms with Crippen molar-refractivity contribution in [3.8, 4) is 5.75 Å². The number of aromatic nitrogens is 2. The number of carbonyl (C=O) groups excluding carboxylic acids is 2. The molecule has 0 aliphatic heterocycles. The second kappa shape index (κ2) is 9.32. The highest BCUT2D eigenvalue weighted by atomic mass is 35.5. The molecular weight excluding hydrogens is 426 g/mol. The van der Waals surface area contributed by atoms with E-state index in [1.807, 2.05) is 26.8 Å². The van der Waals surface area contributed by atoms with Gasteiger partial charge in [0.2, 0.25) is 0 Å². The molecule has 1 amide bonds. The van der Waals surface area contributed by atoms with Crippen LogP contribution in [0, 0.1) is 20.8 Å². The smallest absolute Gasteiger partial charge is 0.341 e. The van der Waals surface area contributed by atoms with Crippen molar-refractivity contribution in [2.75, 3.05) is 11.9 Å². The van der Waals surface area contributed by atoms with Crippen molar-refractivity contribution in [3.63, 3.8) is 0 Å². The Labute approximate surface area is 183 Å². The molecule has 0 saturated heterocycles. The maximum absolute atomic E-state index is 12.7. The summed E-state index contributed by atoms with van der Waals surface area (Å²) in [7, 11) is 0. The number of aryl methyl sites for hydroxylation is 2. The van der Waals surface area contributed by atoms with Gasteiger partial charge < -0.3 is 14.8 Å². The van der Waals surface area contributed by atoms with Crippen LogP contribution in [0.5, 0.6) is 5.75 Å². The van der Waals surface area contributed by atoms with Crippen LogP contribution < -0.4 is 10.1 Å². The molecule has 0 bridgehead atoms. The maximum Gasteiger partial charge on any atom is 0.341 e. The Bertz CT molecular complexity index is 1090. The lowest BCUT2D eigenvalue weighted by Gasteiger charge is -2.09. The number of ether oxygens (including phenoxy) is 2. The van der Waals surface area contributed by atoms with E-state index in [1.165, 1.54) is 16.0 Å². The average molecular weight is 448 g/mol. The lowest BCUT2D eigenvalue weighted by molar-refractivity contribution is 0.0527. The van der Waals surface area contributed by atoms with E-state index >= 15 is 0 Å². The Hall–Kier alpha value is -2.84. The maximum atomic E-state index is 12.7. The van der Waals surface area contributed by atoms with Crippen molar-refractivity contribution in [1.82, 2.24) is 9.78 Å². The van der Waals surface area contributed by atoms with Crippen molar-refractivity contribution in [2.24, 2.45) is 0 Å². The SMILES string of the molecule is CCOC(=O)c1c(NC(=O)c2ccn(COc3ccc(Cl)cc3C)n2)sc(C)c1C. The Morgan fingerprint density at radius 1 is 1.23 bits per heavy atom. The number of esters is 1. The zero-order valence-corrected chi connectivity index (χ0v) is 18.7. The van der Waals surface area contributed by atoms with Gasteiger partial charge in [0.25, 0.3) is 5.91 Å². The minimum Gasteiger partial charge on any atom is -0.471 e. The number of hydrogen-bond donors (Lipinski definition) is 1. The fourth-order valence-corrected chi connectivity index (χ4v) is 4.07. The number of rotatable bonds is 7. The van der Waals surface area contributed by atoms with Crippen molar-refractivity contribution in [2.45, 2.75) is 34.4 Å². The molecule has 0 atom stereocenters. The molecule has 0 saturated carbocycles. The van der Waals surface area contributed by atoms with E-state index in [0.717, 1.165) is 16.0 Å². The number of nitrogens with zero attached hydrogens (tertiary/aromatic N) is 2. The van der Waals surface area contributed by atoms with Crippen molar-refractivity contribution >= 4 is 39.8 Å². The Morgan fingerprint density at radius 2 is 2.00 bits per heavy atom. The Kier molecular flexibility index (Phi) is 6.79. The molecule has 0 radical (unpaired) electrons. The van der Waals surface area contributed by atoms with Gasteiger partial charge >= 0.3 is 5.97 Å². The Morgan fingerprint density at radius 3 is 2.70 bits per heavy atom. The first-order chi connectivity index (χ1) is 14.3. The van der Waals surface area contributed by atoms with Gasteiger partial charge in [0.15, 0.2) is 12.4 Å². The second-order valence-electron chi connectivity index (χ2n) is 6.59. The highest BCUT2D eigenvalue weighted by Gasteiger charge is 2.23. The molecule has 3 rings (SSSR count). The van der Waals surface area contributed by atoms with Crippen LogP contribution in [-0.4, -0.2) is 28.3 Å². The molecule has 30 heavy (non-hydrogen) atoms. The number of nitrogens with one attached hydrogen (secondary N) is 1. The summed E-state index contributed by atoms with van der Waals surface area (Å²) < 4.78 is 12.4. The molecule has 0 spiro atoms. The van der Waals surface area contributed by atoms with Crippen LogP contribution in [0.15, 0.2) is 30.5 Å². The third-order valence-corrected chi connectivity index (χ3v) is 5.81. The zero-order chi connectivity index (χ0) is 21.8. The normalized spacial score (nSPS) is 10.7. The molecule has 1 N–H and O–H groups in total. The van der Waals surface area contributed by atoms with Crippen LogP contribution in [-0.2, 0) is 11.5 Å². The monoisotopic (exact) mass is 447 g/mol. The van der Waals surface area contributed by atoms with Gasteiger partial charge in [0, 0.05) is 16.1 Å². The van der Waals surface area contributed by atoms with Gasteiger partial charge in [0.1, 0.15) is 10.8 Å². The van der Waals surface area contributed by atoms with Crippen LogP contribution in [0.25, 0.3) is 0 Å². The molecule has 0 aliphatic rings. The molecule has 158 valence electrons. The molecule has 2 heterocycles. The van der Waals surface area contributed by atoms with E-state index in [2.05, 4.69) is 10.4 Å². The zero-order valence-electron chi connectivity index (χ0n) is 17.1. The standard InChI is InChI=1S/C21H22ClN3O4S/c1-5-28-21(27)18-13(3)14(4)30-20(18)23-19(26)16-8-9-25(24-16)11-29-17-7-6-15(22)10-12(17)2/h6-10H,5,11H2,1-4H3,(H,23,26). The number of thiophene rings is 1. The van der Waals surface area contributed by atoms with Crippen LogP contribution >= 0.6 is 22.9 Å². The van der Waals surface area contributed by atoms with Crippen LogP contribution in [0.1, 0.15) is 43.8 Å². The summed E-state index contributed by atoms with van der Waals surface area (Å²) in [5, 5.41) is 8.12. The fourth-order valence-electron chi connectivity index (χ4n) is 2.80. The van der Waals surface area contributed by atoms with Gasteiger partial charge in [-0.25, -0.2) is 9.48 Å². The molecule has 9 heteroatoms. The lowest BCUT2D eigenvalue weighted by atomic mass is 10.1. The van der Waals surface area contributed by atoms with Crippen LogP contribution in [0.2, 0.25) is 5.02 Å². The molecule has 7 nitrogen and oxygen atoms in total. The van der Waals surface area contributed by atoms with E-state index in [4.69, 9.17) is 21.1 Å².